The molecular formula is C13H19NO2. The van der Waals surface area contributed by atoms with E-state index in [1.165, 1.54) is 0 Å². The number of rotatable bonds is 4. The summed E-state index contributed by atoms with van der Waals surface area (Å²) >= 11 is 0. The van der Waals surface area contributed by atoms with Gasteiger partial charge in [-0.2, -0.15) is 0 Å². The third kappa shape index (κ3) is 3.57. The highest BCUT2D eigenvalue weighted by Crippen LogP contribution is 2.11. The number of aryl methyl sites for hydroxylation is 1. The van der Waals surface area contributed by atoms with Gasteiger partial charge in [0, 0.05) is 19.5 Å². The van der Waals surface area contributed by atoms with Crippen molar-refractivity contribution in [3.63, 3.8) is 0 Å². The molecule has 1 aromatic carbocycles. The van der Waals surface area contributed by atoms with Crippen molar-refractivity contribution in [2.45, 2.75) is 32.7 Å². The van der Waals surface area contributed by atoms with Gasteiger partial charge in [-0.1, -0.05) is 12.1 Å². The average Bonchev–Trinajstić information content (AvgIpc) is 2.26. The average molecular weight is 221 g/mol. The van der Waals surface area contributed by atoms with E-state index in [-0.39, 0.29) is 17.7 Å². The zero-order valence-corrected chi connectivity index (χ0v) is 10.1. The zero-order chi connectivity index (χ0) is 12.1. The summed E-state index contributed by atoms with van der Waals surface area (Å²) in [6.45, 7) is 4.00. The normalized spacial score (nSPS) is 10.5. The van der Waals surface area contributed by atoms with Crippen molar-refractivity contribution >= 4 is 5.91 Å². The summed E-state index contributed by atoms with van der Waals surface area (Å²) in [5.74, 6) is 0.414. The number of carbonyl (C=O) groups excluding carboxylic acids is 1. The van der Waals surface area contributed by atoms with Crippen molar-refractivity contribution < 1.29 is 9.90 Å². The Morgan fingerprint density at radius 2 is 1.88 bits per heavy atom. The molecule has 0 bridgehead atoms. The van der Waals surface area contributed by atoms with E-state index in [0.717, 1.165) is 12.0 Å². The summed E-state index contributed by atoms with van der Waals surface area (Å²) in [5, 5.41) is 9.12. The lowest BCUT2D eigenvalue weighted by atomic mass is 10.1. The number of amides is 1. The van der Waals surface area contributed by atoms with Gasteiger partial charge in [0.15, 0.2) is 0 Å². The van der Waals surface area contributed by atoms with Crippen LogP contribution in [0.2, 0.25) is 0 Å². The summed E-state index contributed by atoms with van der Waals surface area (Å²) in [6.07, 6.45) is 1.23. The van der Waals surface area contributed by atoms with Crippen molar-refractivity contribution in [2.24, 2.45) is 0 Å². The van der Waals surface area contributed by atoms with Crippen LogP contribution >= 0.6 is 0 Å². The monoisotopic (exact) mass is 221 g/mol. The predicted molar refractivity (Wildman–Crippen MR) is 64.3 cm³/mol. The number of benzene rings is 1. The molecule has 0 aliphatic carbocycles. The SMILES string of the molecule is CC(C)N(C)C(=O)CCc1ccc(O)cc1. The molecule has 0 spiro atoms. The van der Waals surface area contributed by atoms with Crippen LogP contribution in [0.5, 0.6) is 5.75 Å². The van der Waals surface area contributed by atoms with E-state index in [9.17, 15) is 4.79 Å². The number of phenolic OH excluding ortho intramolecular Hbond substituents is 1. The second-order valence-corrected chi connectivity index (χ2v) is 4.26. The van der Waals surface area contributed by atoms with Gasteiger partial charge in [0.1, 0.15) is 5.75 Å². The van der Waals surface area contributed by atoms with E-state index in [1.807, 2.05) is 33.0 Å². The molecule has 0 radical (unpaired) electrons. The molecule has 0 fully saturated rings. The Morgan fingerprint density at radius 1 is 1.31 bits per heavy atom. The minimum Gasteiger partial charge on any atom is -0.508 e. The Balaban J connectivity index is 2.46. The summed E-state index contributed by atoms with van der Waals surface area (Å²) in [7, 11) is 1.82. The molecule has 0 atom stereocenters. The molecule has 1 aromatic rings. The number of aromatic hydroxyl groups is 1. The molecule has 16 heavy (non-hydrogen) atoms. The minimum atomic E-state index is 0.156. The van der Waals surface area contributed by atoms with Crippen LogP contribution in [0.1, 0.15) is 25.8 Å². The van der Waals surface area contributed by atoms with Crippen LogP contribution in [-0.2, 0) is 11.2 Å². The van der Waals surface area contributed by atoms with Crippen LogP contribution in [-0.4, -0.2) is 29.0 Å². The third-order valence-corrected chi connectivity index (χ3v) is 2.73. The molecule has 3 heteroatoms. The Labute approximate surface area is 96.7 Å². The van der Waals surface area contributed by atoms with E-state index in [1.54, 1.807) is 17.0 Å². The van der Waals surface area contributed by atoms with E-state index in [0.29, 0.717) is 6.42 Å². The van der Waals surface area contributed by atoms with Gasteiger partial charge in [-0.15, -0.1) is 0 Å². The molecule has 1 N–H and O–H groups in total. The third-order valence-electron chi connectivity index (χ3n) is 2.73. The molecule has 88 valence electrons. The first-order chi connectivity index (χ1) is 7.50. The molecule has 1 amide bonds. The van der Waals surface area contributed by atoms with E-state index in [2.05, 4.69) is 0 Å². The quantitative estimate of drug-likeness (QED) is 0.846. The Kier molecular flexibility index (Phi) is 4.35. The van der Waals surface area contributed by atoms with Crippen LogP contribution in [0.3, 0.4) is 0 Å². The van der Waals surface area contributed by atoms with Crippen molar-refractivity contribution in [2.75, 3.05) is 7.05 Å². The number of hydrogen-bond acceptors (Lipinski definition) is 2. The van der Waals surface area contributed by atoms with Crippen molar-refractivity contribution in [1.82, 2.24) is 4.90 Å². The van der Waals surface area contributed by atoms with Crippen molar-refractivity contribution in [3.8, 4) is 5.75 Å². The van der Waals surface area contributed by atoms with E-state index in [4.69, 9.17) is 5.11 Å². The van der Waals surface area contributed by atoms with Crippen LogP contribution < -0.4 is 0 Å². The van der Waals surface area contributed by atoms with Gasteiger partial charge >= 0.3 is 0 Å². The standard InChI is InChI=1S/C13H19NO2/c1-10(2)14(3)13(16)9-6-11-4-7-12(15)8-5-11/h4-5,7-8,10,15H,6,9H2,1-3H3. The topological polar surface area (TPSA) is 40.5 Å². The van der Waals surface area contributed by atoms with Crippen molar-refractivity contribution in [1.29, 1.82) is 0 Å². The highest BCUT2D eigenvalue weighted by atomic mass is 16.3. The largest absolute Gasteiger partial charge is 0.508 e. The number of nitrogens with zero attached hydrogens (tertiary/aromatic N) is 1. The maximum Gasteiger partial charge on any atom is 0.222 e. The molecule has 0 aliphatic rings. The minimum absolute atomic E-state index is 0.156. The smallest absolute Gasteiger partial charge is 0.222 e. The molecule has 0 unspecified atom stereocenters. The number of carbonyl (C=O) groups is 1. The molecule has 0 saturated carbocycles. The Bertz CT molecular complexity index is 343. The van der Waals surface area contributed by atoms with Crippen LogP contribution in [0.4, 0.5) is 0 Å². The molecule has 0 aromatic heterocycles. The van der Waals surface area contributed by atoms with E-state index >= 15 is 0 Å². The fourth-order valence-corrected chi connectivity index (χ4v) is 1.38. The summed E-state index contributed by atoms with van der Waals surface area (Å²) in [4.78, 5) is 13.5. The lowest BCUT2D eigenvalue weighted by molar-refractivity contribution is -0.131. The van der Waals surface area contributed by atoms with Gasteiger partial charge < -0.3 is 10.0 Å². The van der Waals surface area contributed by atoms with E-state index < -0.39 is 0 Å². The highest BCUT2D eigenvalue weighted by molar-refractivity contribution is 5.76. The first-order valence-corrected chi connectivity index (χ1v) is 5.54. The molecule has 0 aliphatic heterocycles. The number of hydrogen-bond donors (Lipinski definition) is 1. The summed E-state index contributed by atoms with van der Waals surface area (Å²) in [6, 6.07) is 7.22. The first kappa shape index (κ1) is 12.6. The highest BCUT2D eigenvalue weighted by Gasteiger charge is 2.11. The Hall–Kier alpha value is -1.51. The maximum absolute atomic E-state index is 11.7. The van der Waals surface area contributed by atoms with Crippen LogP contribution in [0.25, 0.3) is 0 Å². The fraction of sp³-hybridized carbons (Fsp3) is 0.462. The summed E-state index contributed by atoms with van der Waals surface area (Å²) < 4.78 is 0. The number of phenols is 1. The van der Waals surface area contributed by atoms with Gasteiger partial charge in [0.05, 0.1) is 0 Å². The van der Waals surface area contributed by atoms with Crippen LogP contribution in [0, 0.1) is 0 Å². The maximum atomic E-state index is 11.7. The van der Waals surface area contributed by atoms with Gasteiger partial charge in [-0.05, 0) is 38.0 Å². The first-order valence-electron chi connectivity index (χ1n) is 5.54. The lowest BCUT2D eigenvalue weighted by Crippen LogP contribution is -2.33. The predicted octanol–water partition coefficient (Wildman–Crippen LogP) is 2.19. The molecular weight excluding hydrogens is 202 g/mol. The molecule has 3 nitrogen and oxygen atoms in total. The van der Waals surface area contributed by atoms with Gasteiger partial charge in [0.2, 0.25) is 5.91 Å². The summed E-state index contributed by atoms with van der Waals surface area (Å²) in [5.41, 5.74) is 1.07. The second-order valence-electron chi connectivity index (χ2n) is 4.26. The van der Waals surface area contributed by atoms with Crippen LogP contribution in [0.15, 0.2) is 24.3 Å². The Morgan fingerprint density at radius 3 is 2.38 bits per heavy atom. The van der Waals surface area contributed by atoms with Gasteiger partial charge in [-0.25, -0.2) is 0 Å². The van der Waals surface area contributed by atoms with Crippen molar-refractivity contribution in [3.05, 3.63) is 29.8 Å². The zero-order valence-electron chi connectivity index (χ0n) is 10.1. The van der Waals surface area contributed by atoms with Gasteiger partial charge in [0.25, 0.3) is 0 Å². The van der Waals surface area contributed by atoms with Gasteiger partial charge in [-0.3, -0.25) is 4.79 Å². The lowest BCUT2D eigenvalue weighted by Gasteiger charge is -2.21. The second kappa shape index (κ2) is 5.54. The fourth-order valence-electron chi connectivity index (χ4n) is 1.38. The molecule has 0 heterocycles. The molecule has 1 rings (SSSR count). The molecule has 0 saturated heterocycles.